The topological polar surface area (TPSA) is 35.6 Å². The van der Waals surface area contributed by atoms with Crippen LogP contribution < -0.4 is 10.2 Å². The number of carbonyl (C=O) groups is 1. The molecule has 1 fully saturated rings. The van der Waals surface area contributed by atoms with Crippen LogP contribution in [0.3, 0.4) is 0 Å². The van der Waals surface area contributed by atoms with Crippen LogP contribution in [-0.2, 0) is 0 Å². The molecule has 1 heterocycles. The van der Waals surface area contributed by atoms with Crippen molar-refractivity contribution in [1.82, 2.24) is 4.90 Å². The average Bonchev–Trinajstić information content (AvgIpc) is 2.69. The lowest BCUT2D eigenvalue weighted by Gasteiger charge is -2.34. The second-order valence-electron chi connectivity index (χ2n) is 6.93. The van der Waals surface area contributed by atoms with Gasteiger partial charge < -0.3 is 15.1 Å². The Bertz CT molecular complexity index is 963. The minimum Gasteiger partial charge on any atom is -0.369 e. The van der Waals surface area contributed by atoms with Crippen LogP contribution in [0.4, 0.5) is 11.4 Å². The Kier molecular flexibility index (Phi) is 5.14. The minimum absolute atomic E-state index is 0.0916. The van der Waals surface area contributed by atoms with E-state index in [4.69, 9.17) is 0 Å². The van der Waals surface area contributed by atoms with E-state index in [0.717, 1.165) is 47.1 Å². The minimum atomic E-state index is -0.0916. The quantitative estimate of drug-likeness (QED) is 0.667. The fourth-order valence-corrected chi connectivity index (χ4v) is 3.99. The highest BCUT2D eigenvalue weighted by Gasteiger charge is 2.15. The molecule has 0 aromatic heterocycles. The number of anilines is 2. The summed E-state index contributed by atoms with van der Waals surface area (Å²) in [5.74, 6) is -0.0916. The molecule has 0 bridgehead atoms. The second kappa shape index (κ2) is 7.71. The standard InChI is InChI=1S/C22H22BrN3O/c1-25-12-14-26(15-13-25)17-10-8-16(9-11-17)24-22(27)20-6-2-5-19-18(20)4-3-7-21(19)23/h2-11H,12-15H2,1H3,(H,24,27). The number of fused-ring (bicyclic) bond motifs is 1. The van der Waals surface area contributed by atoms with Crippen molar-refractivity contribution in [3.63, 3.8) is 0 Å². The van der Waals surface area contributed by atoms with Crippen molar-refractivity contribution in [1.29, 1.82) is 0 Å². The molecule has 4 rings (SSSR count). The number of halogens is 1. The Morgan fingerprint density at radius 1 is 0.889 bits per heavy atom. The van der Waals surface area contributed by atoms with Crippen LogP contribution in [0.15, 0.2) is 65.1 Å². The summed E-state index contributed by atoms with van der Waals surface area (Å²) in [6, 6.07) is 19.8. The highest BCUT2D eigenvalue weighted by molar-refractivity contribution is 9.10. The van der Waals surface area contributed by atoms with E-state index in [1.165, 1.54) is 5.69 Å². The zero-order valence-corrected chi connectivity index (χ0v) is 16.9. The molecule has 27 heavy (non-hydrogen) atoms. The van der Waals surface area contributed by atoms with E-state index in [9.17, 15) is 4.79 Å². The maximum absolute atomic E-state index is 12.8. The SMILES string of the molecule is CN1CCN(c2ccc(NC(=O)c3cccc4c(Br)cccc34)cc2)CC1. The van der Waals surface area contributed by atoms with Crippen molar-refractivity contribution < 1.29 is 4.79 Å². The second-order valence-corrected chi connectivity index (χ2v) is 7.79. The number of likely N-dealkylation sites (N-methyl/N-ethyl adjacent to an activating group) is 1. The molecule has 0 radical (unpaired) electrons. The number of carbonyl (C=O) groups excluding carboxylic acids is 1. The normalized spacial score (nSPS) is 15.1. The Balaban J connectivity index is 1.51. The van der Waals surface area contributed by atoms with Crippen molar-refractivity contribution >= 4 is 44.0 Å². The lowest BCUT2D eigenvalue weighted by Crippen LogP contribution is -2.44. The third-order valence-electron chi connectivity index (χ3n) is 5.11. The van der Waals surface area contributed by atoms with E-state index < -0.39 is 0 Å². The summed E-state index contributed by atoms with van der Waals surface area (Å²) < 4.78 is 0.992. The van der Waals surface area contributed by atoms with Crippen molar-refractivity contribution in [2.75, 3.05) is 43.4 Å². The van der Waals surface area contributed by atoms with Gasteiger partial charge in [-0.15, -0.1) is 0 Å². The van der Waals surface area contributed by atoms with Gasteiger partial charge in [-0.25, -0.2) is 0 Å². The van der Waals surface area contributed by atoms with Crippen molar-refractivity contribution in [3.05, 3.63) is 70.7 Å². The molecule has 1 amide bonds. The summed E-state index contributed by atoms with van der Waals surface area (Å²) in [5, 5.41) is 5.01. The van der Waals surface area contributed by atoms with Gasteiger partial charge in [0.2, 0.25) is 0 Å². The number of hydrogen-bond donors (Lipinski definition) is 1. The van der Waals surface area contributed by atoms with E-state index in [2.05, 4.69) is 50.2 Å². The van der Waals surface area contributed by atoms with Gasteiger partial charge in [0.25, 0.3) is 5.91 Å². The summed E-state index contributed by atoms with van der Waals surface area (Å²) in [7, 11) is 2.15. The molecule has 4 nitrogen and oxygen atoms in total. The first-order valence-corrected chi connectivity index (χ1v) is 9.93. The Morgan fingerprint density at radius 3 is 2.30 bits per heavy atom. The fourth-order valence-electron chi connectivity index (χ4n) is 3.49. The summed E-state index contributed by atoms with van der Waals surface area (Å²) in [6.45, 7) is 4.23. The average molecular weight is 424 g/mol. The zero-order chi connectivity index (χ0) is 18.8. The molecule has 0 atom stereocenters. The van der Waals surface area contributed by atoms with Crippen molar-refractivity contribution in [2.45, 2.75) is 0 Å². The van der Waals surface area contributed by atoms with Crippen LogP contribution in [0.25, 0.3) is 10.8 Å². The van der Waals surface area contributed by atoms with E-state index in [1.54, 1.807) is 0 Å². The highest BCUT2D eigenvalue weighted by Crippen LogP contribution is 2.27. The number of hydrogen-bond acceptors (Lipinski definition) is 3. The Hall–Kier alpha value is -2.37. The predicted molar refractivity (Wildman–Crippen MR) is 116 cm³/mol. The van der Waals surface area contributed by atoms with Gasteiger partial charge in [0.15, 0.2) is 0 Å². The number of piperazine rings is 1. The molecule has 1 saturated heterocycles. The first-order valence-electron chi connectivity index (χ1n) is 9.14. The first-order chi connectivity index (χ1) is 13.1. The first kappa shape index (κ1) is 18.0. The maximum Gasteiger partial charge on any atom is 0.256 e. The smallest absolute Gasteiger partial charge is 0.256 e. The van der Waals surface area contributed by atoms with Crippen LogP contribution in [0.5, 0.6) is 0 Å². The third kappa shape index (κ3) is 3.84. The number of rotatable bonds is 3. The van der Waals surface area contributed by atoms with Crippen LogP contribution in [0.1, 0.15) is 10.4 Å². The van der Waals surface area contributed by atoms with E-state index in [-0.39, 0.29) is 5.91 Å². The lowest BCUT2D eigenvalue weighted by molar-refractivity contribution is 0.102. The molecule has 1 aliphatic rings. The molecule has 3 aromatic carbocycles. The van der Waals surface area contributed by atoms with Crippen molar-refractivity contribution in [2.24, 2.45) is 0 Å². The summed E-state index contributed by atoms with van der Waals surface area (Å²) in [4.78, 5) is 17.5. The molecule has 0 unspecified atom stereocenters. The van der Waals surface area contributed by atoms with Gasteiger partial charge in [-0.2, -0.15) is 0 Å². The van der Waals surface area contributed by atoms with Gasteiger partial charge in [0, 0.05) is 47.6 Å². The van der Waals surface area contributed by atoms with Gasteiger partial charge >= 0.3 is 0 Å². The van der Waals surface area contributed by atoms with E-state index in [0.29, 0.717) is 5.56 Å². The largest absolute Gasteiger partial charge is 0.369 e. The molecule has 1 N–H and O–H groups in total. The zero-order valence-electron chi connectivity index (χ0n) is 15.3. The van der Waals surface area contributed by atoms with E-state index >= 15 is 0 Å². The van der Waals surface area contributed by atoms with Gasteiger partial charge in [-0.05, 0) is 54.2 Å². The predicted octanol–water partition coefficient (Wildman–Crippen LogP) is 4.61. The molecular weight excluding hydrogens is 402 g/mol. The van der Waals surface area contributed by atoms with Crippen LogP contribution in [0, 0.1) is 0 Å². The monoisotopic (exact) mass is 423 g/mol. The van der Waals surface area contributed by atoms with E-state index in [1.807, 2.05) is 48.5 Å². The number of amides is 1. The lowest BCUT2D eigenvalue weighted by atomic mass is 10.0. The molecule has 0 spiro atoms. The fraction of sp³-hybridized carbons (Fsp3) is 0.227. The van der Waals surface area contributed by atoms with Gasteiger partial charge in [0.1, 0.15) is 0 Å². The molecule has 138 valence electrons. The van der Waals surface area contributed by atoms with Gasteiger partial charge in [0.05, 0.1) is 0 Å². The van der Waals surface area contributed by atoms with Crippen LogP contribution >= 0.6 is 15.9 Å². The molecule has 3 aromatic rings. The van der Waals surface area contributed by atoms with Crippen LogP contribution in [0.2, 0.25) is 0 Å². The summed E-state index contributed by atoms with van der Waals surface area (Å²) in [5.41, 5.74) is 2.69. The summed E-state index contributed by atoms with van der Waals surface area (Å²) in [6.07, 6.45) is 0. The molecule has 0 aliphatic carbocycles. The molecular formula is C22H22BrN3O. The van der Waals surface area contributed by atoms with Crippen LogP contribution in [-0.4, -0.2) is 44.0 Å². The number of benzene rings is 3. The molecule has 1 aliphatic heterocycles. The summed E-state index contributed by atoms with van der Waals surface area (Å²) >= 11 is 3.56. The van der Waals surface area contributed by atoms with Gasteiger partial charge in [-0.3, -0.25) is 4.79 Å². The molecule has 0 saturated carbocycles. The number of nitrogens with zero attached hydrogens (tertiary/aromatic N) is 2. The van der Waals surface area contributed by atoms with Crippen molar-refractivity contribution in [3.8, 4) is 0 Å². The Labute approximate surface area is 167 Å². The maximum atomic E-state index is 12.8. The third-order valence-corrected chi connectivity index (χ3v) is 5.80. The number of nitrogens with one attached hydrogen (secondary N) is 1. The van der Waals surface area contributed by atoms with Gasteiger partial charge in [-0.1, -0.05) is 40.2 Å². The molecule has 5 heteroatoms. The highest BCUT2D eigenvalue weighted by atomic mass is 79.9. The Morgan fingerprint density at radius 2 is 1.56 bits per heavy atom.